The van der Waals surface area contributed by atoms with Crippen LogP contribution < -0.4 is 0 Å². The number of aliphatic hydroxyl groups excluding tert-OH is 1. The van der Waals surface area contributed by atoms with E-state index in [9.17, 15) is 15.0 Å². The highest BCUT2D eigenvalue weighted by atomic mass is 79.9. The highest BCUT2D eigenvalue weighted by molar-refractivity contribution is 9.10. The van der Waals surface area contributed by atoms with Crippen LogP contribution in [-0.4, -0.2) is 23.3 Å². The minimum atomic E-state index is -1.39. The summed E-state index contributed by atoms with van der Waals surface area (Å²) >= 11 is 3.11. The quantitative estimate of drug-likeness (QED) is 0.806. The van der Waals surface area contributed by atoms with Crippen LogP contribution in [0.4, 0.5) is 0 Å². The summed E-state index contributed by atoms with van der Waals surface area (Å²) in [6, 6.07) is 3.17. The van der Waals surface area contributed by atoms with E-state index < -0.39 is 12.1 Å². The van der Waals surface area contributed by atoms with Crippen LogP contribution in [0, 0.1) is 6.92 Å². The van der Waals surface area contributed by atoms with Crippen molar-refractivity contribution < 1.29 is 19.7 Å². The van der Waals surface area contributed by atoms with Crippen LogP contribution in [0.2, 0.25) is 0 Å². The van der Waals surface area contributed by atoms with E-state index in [2.05, 4.69) is 20.7 Å². The molecule has 1 aromatic rings. The minimum absolute atomic E-state index is 0.00968. The molecule has 0 amide bonds. The molecule has 15 heavy (non-hydrogen) atoms. The summed E-state index contributed by atoms with van der Waals surface area (Å²) in [4.78, 5) is 11.1. The molecule has 5 heteroatoms. The van der Waals surface area contributed by atoms with Gasteiger partial charge in [-0.1, -0.05) is 12.1 Å². The molecule has 0 aliphatic carbocycles. The zero-order chi connectivity index (χ0) is 11.6. The highest BCUT2D eigenvalue weighted by Crippen LogP contribution is 2.34. The number of esters is 1. The molecule has 0 radical (unpaired) electrons. The highest BCUT2D eigenvalue weighted by Gasteiger charge is 2.22. The van der Waals surface area contributed by atoms with E-state index in [0.717, 1.165) is 0 Å². The minimum Gasteiger partial charge on any atom is -0.506 e. The van der Waals surface area contributed by atoms with Crippen LogP contribution in [0.3, 0.4) is 0 Å². The normalized spacial score (nSPS) is 12.3. The van der Waals surface area contributed by atoms with E-state index >= 15 is 0 Å². The van der Waals surface area contributed by atoms with Crippen LogP contribution in [-0.2, 0) is 9.53 Å². The molecule has 1 aromatic carbocycles. The molecule has 0 aliphatic rings. The fourth-order valence-electron chi connectivity index (χ4n) is 1.13. The molecule has 0 heterocycles. The Morgan fingerprint density at radius 2 is 2.13 bits per heavy atom. The monoisotopic (exact) mass is 274 g/mol. The number of hydrogen-bond acceptors (Lipinski definition) is 4. The third kappa shape index (κ3) is 2.30. The number of aromatic hydroxyl groups is 1. The number of phenolic OH excluding ortho intramolecular Hbond substituents is 1. The summed E-state index contributed by atoms with van der Waals surface area (Å²) in [7, 11) is 1.19. The van der Waals surface area contributed by atoms with Crippen molar-refractivity contribution in [3.8, 4) is 5.75 Å². The molecular formula is C10H11BrO4. The Morgan fingerprint density at radius 3 is 2.67 bits per heavy atom. The topological polar surface area (TPSA) is 66.8 Å². The molecule has 1 rings (SSSR count). The van der Waals surface area contributed by atoms with Gasteiger partial charge in [0.25, 0.3) is 0 Å². The van der Waals surface area contributed by atoms with Crippen molar-refractivity contribution >= 4 is 21.9 Å². The molecular weight excluding hydrogens is 264 g/mol. The lowest BCUT2D eigenvalue weighted by atomic mass is 10.1. The molecule has 0 saturated carbocycles. The van der Waals surface area contributed by atoms with Crippen molar-refractivity contribution in [3.63, 3.8) is 0 Å². The third-order valence-electron chi connectivity index (χ3n) is 2.07. The molecule has 2 N–H and O–H groups in total. The Labute approximate surface area is 95.6 Å². The number of benzene rings is 1. The van der Waals surface area contributed by atoms with Crippen LogP contribution in [0.15, 0.2) is 16.6 Å². The van der Waals surface area contributed by atoms with Gasteiger partial charge in [-0.25, -0.2) is 4.79 Å². The molecule has 0 spiro atoms. The molecule has 0 aliphatic heterocycles. The van der Waals surface area contributed by atoms with Gasteiger partial charge < -0.3 is 14.9 Å². The average molecular weight is 275 g/mol. The second kappa shape index (κ2) is 4.63. The molecule has 0 fully saturated rings. The summed E-state index contributed by atoms with van der Waals surface area (Å²) in [6.45, 7) is 1.72. The van der Waals surface area contributed by atoms with Crippen LogP contribution in [0.1, 0.15) is 17.2 Å². The van der Waals surface area contributed by atoms with Crippen molar-refractivity contribution in [3.05, 3.63) is 27.7 Å². The first-order valence-electron chi connectivity index (χ1n) is 4.23. The lowest BCUT2D eigenvalue weighted by Crippen LogP contribution is -2.14. The molecule has 82 valence electrons. The first kappa shape index (κ1) is 12.0. The maximum absolute atomic E-state index is 11.1. The Bertz CT molecular complexity index is 389. The number of aryl methyl sites for hydroxylation is 1. The van der Waals surface area contributed by atoms with Gasteiger partial charge >= 0.3 is 5.97 Å². The Balaban J connectivity index is 3.16. The van der Waals surface area contributed by atoms with E-state index in [1.165, 1.54) is 7.11 Å². The fourth-order valence-corrected chi connectivity index (χ4v) is 1.79. The van der Waals surface area contributed by atoms with Gasteiger partial charge in [-0.2, -0.15) is 0 Å². The smallest absolute Gasteiger partial charge is 0.339 e. The van der Waals surface area contributed by atoms with Gasteiger partial charge in [0.05, 0.1) is 11.6 Å². The second-order valence-electron chi connectivity index (χ2n) is 3.06. The van der Waals surface area contributed by atoms with E-state index in [1.54, 1.807) is 19.1 Å². The van der Waals surface area contributed by atoms with Gasteiger partial charge in [-0.3, -0.25) is 0 Å². The first-order chi connectivity index (χ1) is 6.99. The number of carbonyl (C=O) groups excluding carboxylic acids is 1. The Kier molecular flexibility index (Phi) is 3.71. The predicted molar refractivity (Wildman–Crippen MR) is 57.5 cm³/mol. The molecule has 0 aromatic heterocycles. The number of ether oxygens (including phenoxy) is 1. The molecule has 1 unspecified atom stereocenters. The Morgan fingerprint density at radius 1 is 1.53 bits per heavy atom. The summed E-state index contributed by atoms with van der Waals surface area (Å²) in [5.41, 5.74) is 0.938. The van der Waals surface area contributed by atoms with Gasteiger partial charge in [0.1, 0.15) is 5.75 Å². The number of methoxy groups -OCH3 is 1. The zero-order valence-corrected chi connectivity index (χ0v) is 9.91. The average Bonchev–Trinajstić information content (AvgIpc) is 2.24. The first-order valence-corrected chi connectivity index (χ1v) is 5.02. The lowest BCUT2D eigenvalue weighted by molar-refractivity contribution is -0.150. The van der Waals surface area contributed by atoms with Gasteiger partial charge in [-0.05, 0) is 28.4 Å². The predicted octanol–water partition coefficient (Wildman–Crippen LogP) is 1.67. The van der Waals surface area contributed by atoms with Gasteiger partial charge in [0.15, 0.2) is 6.10 Å². The number of rotatable bonds is 2. The van der Waals surface area contributed by atoms with Crippen molar-refractivity contribution in [1.29, 1.82) is 0 Å². The van der Waals surface area contributed by atoms with Crippen LogP contribution in [0.25, 0.3) is 0 Å². The summed E-state index contributed by atoms with van der Waals surface area (Å²) in [6.07, 6.45) is -1.39. The molecule has 0 bridgehead atoms. The van der Waals surface area contributed by atoms with E-state index in [4.69, 9.17) is 0 Å². The molecule has 4 nitrogen and oxygen atoms in total. The maximum Gasteiger partial charge on any atom is 0.339 e. The van der Waals surface area contributed by atoms with Gasteiger partial charge in [0, 0.05) is 5.56 Å². The van der Waals surface area contributed by atoms with Gasteiger partial charge in [-0.15, -0.1) is 0 Å². The second-order valence-corrected chi connectivity index (χ2v) is 3.85. The standard InChI is InChI=1S/C10H11BrO4/c1-5-3-4-6(7(11)8(5)12)9(13)10(14)15-2/h3-4,9,12-13H,1-2H3. The van der Waals surface area contributed by atoms with E-state index in [0.29, 0.717) is 10.0 Å². The van der Waals surface area contributed by atoms with Crippen molar-refractivity contribution in [2.45, 2.75) is 13.0 Å². The fraction of sp³-hybridized carbons (Fsp3) is 0.300. The largest absolute Gasteiger partial charge is 0.506 e. The van der Waals surface area contributed by atoms with Crippen LogP contribution >= 0.6 is 15.9 Å². The SMILES string of the molecule is COC(=O)C(O)c1ccc(C)c(O)c1Br. The summed E-state index contributed by atoms with van der Waals surface area (Å²) in [5.74, 6) is -0.755. The third-order valence-corrected chi connectivity index (χ3v) is 2.90. The maximum atomic E-state index is 11.1. The molecule has 0 saturated heterocycles. The van der Waals surface area contributed by atoms with Gasteiger partial charge in [0.2, 0.25) is 0 Å². The molecule has 1 atom stereocenters. The zero-order valence-electron chi connectivity index (χ0n) is 8.32. The number of phenols is 1. The number of halogens is 1. The van der Waals surface area contributed by atoms with Crippen molar-refractivity contribution in [1.82, 2.24) is 0 Å². The summed E-state index contributed by atoms with van der Waals surface area (Å²) in [5, 5.41) is 19.1. The number of carbonyl (C=O) groups is 1. The van der Waals surface area contributed by atoms with Crippen molar-refractivity contribution in [2.24, 2.45) is 0 Å². The lowest BCUT2D eigenvalue weighted by Gasteiger charge is -2.12. The van der Waals surface area contributed by atoms with Crippen LogP contribution in [0.5, 0.6) is 5.75 Å². The van der Waals surface area contributed by atoms with E-state index in [-0.39, 0.29) is 11.3 Å². The summed E-state index contributed by atoms with van der Waals surface area (Å²) < 4.78 is 4.71. The number of aliphatic hydroxyl groups is 1. The van der Waals surface area contributed by atoms with Crippen molar-refractivity contribution in [2.75, 3.05) is 7.11 Å². The Hall–Kier alpha value is -1.07. The number of hydrogen-bond donors (Lipinski definition) is 2. The van der Waals surface area contributed by atoms with E-state index in [1.807, 2.05) is 0 Å².